The number of rotatable bonds is 4. The highest BCUT2D eigenvalue weighted by Crippen LogP contribution is 2.36. The van der Waals surface area contributed by atoms with Gasteiger partial charge < -0.3 is 19.8 Å². The van der Waals surface area contributed by atoms with Gasteiger partial charge in [0.1, 0.15) is 11.5 Å². The maximum absolute atomic E-state index is 11.4. The Balaban J connectivity index is 2.37. The molecule has 0 saturated heterocycles. The van der Waals surface area contributed by atoms with E-state index in [2.05, 4.69) is 19.9 Å². The zero-order valence-electron chi connectivity index (χ0n) is 13.2. The maximum atomic E-state index is 11.4. The number of aromatic nitrogens is 1. The number of benzene rings is 1. The summed E-state index contributed by atoms with van der Waals surface area (Å²) in [6.07, 6.45) is 0. The van der Waals surface area contributed by atoms with Crippen molar-refractivity contribution in [1.29, 1.82) is 0 Å². The van der Waals surface area contributed by atoms with E-state index < -0.39 is 11.9 Å². The highest BCUT2D eigenvalue weighted by Gasteiger charge is 2.24. The summed E-state index contributed by atoms with van der Waals surface area (Å²) < 4.78 is 9.60. The predicted molar refractivity (Wildman–Crippen MR) is 90.1 cm³/mol. The van der Waals surface area contributed by atoms with E-state index in [1.54, 1.807) is 32.0 Å². The van der Waals surface area contributed by atoms with Gasteiger partial charge in [-0.15, -0.1) is 0 Å². The molecule has 8 nitrogen and oxygen atoms in total. The first-order chi connectivity index (χ1) is 11.9. The molecule has 25 heavy (non-hydrogen) atoms. The van der Waals surface area contributed by atoms with Crippen LogP contribution < -0.4 is 5.73 Å². The minimum Gasteiger partial charge on any atom is -0.458 e. The number of hydrogen-bond acceptors (Lipinski definition) is 7. The molecule has 1 aromatic carbocycles. The summed E-state index contributed by atoms with van der Waals surface area (Å²) in [4.78, 5) is 27.1. The van der Waals surface area contributed by atoms with Crippen molar-refractivity contribution in [2.45, 2.75) is 13.8 Å². The van der Waals surface area contributed by atoms with Gasteiger partial charge in [-0.1, -0.05) is 39.6 Å². The van der Waals surface area contributed by atoms with E-state index in [0.29, 0.717) is 21.4 Å². The summed E-state index contributed by atoms with van der Waals surface area (Å²) >= 11 is 12.3. The van der Waals surface area contributed by atoms with Crippen LogP contribution in [-0.2, 0) is 19.2 Å². The van der Waals surface area contributed by atoms with Gasteiger partial charge >= 0.3 is 11.9 Å². The Labute approximate surface area is 152 Å². The van der Waals surface area contributed by atoms with Crippen LogP contribution in [0, 0.1) is 6.92 Å². The standard InChI is InChI=1S/C15H13Cl2N3O5/c1-3-23-14(21)15(22)25-20-13(18)10-7(2)24-19-12(10)11-8(16)5-4-6-9(11)17/h4-6H,3H2,1-2H3,(H2,18,20). The van der Waals surface area contributed by atoms with Crippen molar-refractivity contribution < 1.29 is 23.7 Å². The summed E-state index contributed by atoms with van der Waals surface area (Å²) in [7, 11) is 0. The Morgan fingerprint density at radius 2 is 1.92 bits per heavy atom. The van der Waals surface area contributed by atoms with Gasteiger partial charge in [0.15, 0.2) is 5.84 Å². The Morgan fingerprint density at radius 3 is 2.52 bits per heavy atom. The third-order valence-corrected chi connectivity index (χ3v) is 3.62. The first-order valence-corrected chi connectivity index (χ1v) is 7.75. The van der Waals surface area contributed by atoms with Crippen molar-refractivity contribution in [2.75, 3.05) is 6.61 Å². The third-order valence-electron chi connectivity index (χ3n) is 2.99. The van der Waals surface area contributed by atoms with Gasteiger partial charge in [-0.25, -0.2) is 9.59 Å². The molecule has 0 spiro atoms. The summed E-state index contributed by atoms with van der Waals surface area (Å²) in [5.74, 6) is -2.45. The number of carbonyl (C=O) groups is 2. The third kappa shape index (κ3) is 4.09. The lowest BCUT2D eigenvalue weighted by Crippen LogP contribution is -2.21. The number of nitrogens with zero attached hydrogens (tertiary/aromatic N) is 2. The fourth-order valence-corrected chi connectivity index (χ4v) is 2.51. The van der Waals surface area contributed by atoms with E-state index in [-0.39, 0.29) is 23.7 Å². The molecule has 0 radical (unpaired) electrons. The van der Waals surface area contributed by atoms with Crippen molar-refractivity contribution >= 4 is 41.0 Å². The highest BCUT2D eigenvalue weighted by atomic mass is 35.5. The van der Waals surface area contributed by atoms with Gasteiger partial charge in [0.2, 0.25) is 0 Å². The van der Waals surface area contributed by atoms with Gasteiger partial charge in [0.25, 0.3) is 0 Å². The second-order valence-electron chi connectivity index (χ2n) is 4.63. The van der Waals surface area contributed by atoms with Crippen LogP contribution in [0.2, 0.25) is 10.0 Å². The van der Waals surface area contributed by atoms with Crippen LogP contribution >= 0.6 is 23.2 Å². The van der Waals surface area contributed by atoms with Gasteiger partial charge in [0.05, 0.1) is 22.2 Å². The van der Waals surface area contributed by atoms with Crippen molar-refractivity contribution in [1.82, 2.24) is 5.16 Å². The normalized spacial score (nSPS) is 11.3. The molecule has 0 aliphatic rings. The number of halogens is 2. The van der Waals surface area contributed by atoms with Crippen molar-refractivity contribution in [3.05, 3.63) is 39.6 Å². The second kappa shape index (κ2) is 8.00. The summed E-state index contributed by atoms with van der Waals surface area (Å²) in [6, 6.07) is 4.90. The summed E-state index contributed by atoms with van der Waals surface area (Å²) in [5.41, 5.74) is 6.67. The molecule has 0 aliphatic carbocycles. The number of aryl methyl sites for hydroxylation is 1. The number of carbonyl (C=O) groups excluding carboxylic acids is 2. The molecular formula is C15H13Cl2N3O5. The number of nitrogens with two attached hydrogens (primary N) is 1. The molecule has 0 bridgehead atoms. The summed E-state index contributed by atoms with van der Waals surface area (Å²) in [5, 5.41) is 7.95. The van der Waals surface area contributed by atoms with Gasteiger partial charge in [-0.2, -0.15) is 0 Å². The predicted octanol–water partition coefficient (Wildman–Crippen LogP) is 2.68. The van der Waals surface area contributed by atoms with Crippen LogP contribution in [0.1, 0.15) is 18.2 Å². The first kappa shape index (κ1) is 18.8. The number of amidine groups is 1. The SMILES string of the molecule is CCOC(=O)C(=O)ON=C(N)c1c(-c2c(Cl)cccc2Cl)noc1C. The maximum Gasteiger partial charge on any atom is 0.443 e. The molecule has 2 aromatic rings. The van der Waals surface area contributed by atoms with E-state index in [4.69, 9.17) is 33.5 Å². The molecular weight excluding hydrogens is 373 g/mol. The van der Waals surface area contributed by atoms with Crippen molar-refractivity contribution in [3.63, 3.8) is 0 Å². The molecule has 0 unspecified atom stereocenters. The molecule has 2 rings (SSSR count). The van der Waals surface area contributed by atoms with Crippen LogP contribution in [0.5, 0.6) is 0 Å². The number of oxime groups is 1. The smallest absolute Gasteiger partial charge is 0.443 e. The van der Waals surface area contributed by atoms with Gasteiger partial charge in [0, 0.05) is 5.56 Å². The highest BCUT2D eigenvalue weighted by molar-refractivity contribution is 6.39. The van der Waals surface area contributed by atoms with Gasteiger partial charge in [-0.3, -0.25) is 0 Å². The molecule has 1 aromatic heterocycles. The number of ether oxygens (including phenoxy) is 1. The zero-order valence-corrected chi connectivity index (χ0v) is 14.7. The zero-order chi connectivity index (χ0) is 18.6. The molecule has 0 aliphatic heterocycles. The van der Waals surface area contributed by atoms with Crippen LogP contribution in [-0.4, -0.2) is 29.5 Å². The monoisotopic (exact) mass is 385 g/mol. The Bertz CT molecular complexity index is 827. The van der Waals surface area contributed by atoms with Crippen molar-refractivity contribution in [2.24, 2.45) is 10.9 Å². The number of hydrogen-bond donors (Lipinski definition) is 1. The van der Waals surface area contributed by atoms with Gasteiger partial charge in [-0.05, 0) is 26.0 Å². The topological polar surface area (TPSA) is 117 Å². The average Bonchev–Trinajstić information content (AvgIpc) is 2.94. The molecule has 0 atom stereocenters. The minimum atomic E-state index is -1.31. The van der Waals surface area contributed by atoms with Crippen LogP contribution in [0.3, 0.4) is 0 Å². The minimum absolute atomic E-state index is 0.0209. The largest absolute Gasteiger partial charge is 0.458 e. The fourth-order valence-electron chi connectivity index (χ4n) is 1.93. The Morgan fingerprint density at radius 1 is 1.28 bits per heavy atom. The lowest BCUT2D eigenvalue weighted by atomic mass is 10.1. The van der Waals surface area contributed by atoms with E-state index in [0.717, 1.165) is 0 Å². The lowest BCUT2D eigenvalue weighted by Gasteiger charge is -2.06. The van der Waals surface area contributed by atoms with E-state index >= 15 is 0 Å². The molecule has 2 N–H and O–H groups in total. The Kier molecular flexibility index (Phi) is 6.00. The van der Waals surface area contributed by atoms with Crippen LogP contribution in [0.25, 0.3) is 11.3 Å². The Hall–Kier alpha value is -2.58. The van der Waals surface area contributed by atoms with E-state index in [1.165, 1.54) is 0 Å². The number of esters is 1. The first-order valence-electron chi connectivity index (χ1n) is 6.99. The average molecular weight is 386 g/mol. The van der Waals surface area contributed by atoms with Crippen molar-refractivity contribution in [3.8, 4) is 11.3 Å². The molecule has 132 valence electrons. The van der Waals surface area contributed by atoms with E-state index in [9.17, 15) is 9.59 Å². The van der Waals surface area contributed by atoms with Crippen LogP contribution in [0.4, 0.5) is 0 Å². The fraction of sp³-hybridized carbons (Fsp3) is 0.200. The molecule has 10 heteroatoms. The molecule has 0 fully saturated rings. The molecule has 0 saturated carbocycles. The second-order valence-corrected chi connectivity index (χ2v) is 5.45. The lowest BCUT2D eigenvalue weighted by molar-refractivity contribution is -0.167. The molecule has 1 heterocycles. The van der Waals surface area contributed by atoms with E-state index in [1.807, 2.05) is 0 Å². The van der Waals surface area contributed by atoms with Crippen LogP contribution in [0.15, 0.2) is 27.9 Å². The quantitative estimate of drug-likeness (QED) is 0.214. The molecule has 0 amide bonds. The summed E-state index contributed by atoms with van der Waals surface area (Å²) in [6.45, 7) is 3.14.